The topological polar surface area (TPSA) is 68.0 Å². The Labute approximate surface area is 103 Å². The number of carbonyl (C=O) groups is 1. The Hall–Kier alpha value is -1.88. The average molecular weight is 252 g/mol. The van der Waals surface area contributed by atoms with Crippen molar-refractivity contribution in [3.63, 3.8) is 0 Å². The van der Waals surface area contributed by atoms with Crippen LogP contribution in [0.4, 0.5) is 0 Å². The van der Waals surface area contributed by atoms with E-state index in [0.717, 1.165) is 5.56 Å². The van der Waals surface area contributed by atoms with Gasteiger partial charge in [-0.15, -0.1) is 0 Å². The summed E-state index contributed by atoms with van der Waals surface area (Å²) in [5.74, 6) is 0.663. The maximum atomic E-state index is 10.7. The third-order valence-electron chi connectivity index (χ3n) is 2.04. The number of hydrogen-bond donors (Lipinski definition) is 1. The van der Waals surface area contributed by atoms with Crippen molar-refractivity contribution >= 4 is 17.5 Å². The molecule has 0 saturated carbocycles. The highest BCUT2D eigenvalue weighted by Crippen LogP contribution is 2.19. The molecule has 6 heteroatoms. The number of aromatic nitrogens is 2. The number of halogens is 1. The van der Waals surface area contributed by atoms with E-state index in [4.69, 9.17) is 16.1 Å². The lowest BCUT2D eigenvalue weighted by Gasteiger charge is -1.95. The van der Waals surface area contributed by atoms with E-state index in [1.807, 2.05) is 12.1 Å². The standard InChI is InChI=1S/C11H10ClN3O2/c1-7(16)13-6-10-14-11(15-17-10)8-3-2-4-9(12)5-8/h2-5H,6H2,1H3,(H,13,16). The maximum Gasteiger partial charge on any atom is 0.246 e. The molecule has 0 aliphatic carbocycles. The third-order valence-corrected chi connectivity index (χ3v) is 2.27. The van der Waals surface area contributed by atoms with Crippen LogP contribution in [0.3, 0.4) is 0 Å². The molecule has 0 saturated heterocycles. The minimum Gasteiger partial charge on any atom is -0.347 e. The molecule has 0 aliphatic rings. The lowest BCUT2D eigenvalue weighted by atomic mass is 10.2. The molecule has 1 N–H and O–H groups in total. The van der Waals surface area contributed by atoms with Crippen LogP contribution in [0.25, 0.3) is 11.4 Å². The molecule has 0 bridgehead atoms. The molecule has 5 nitrogen and oxygen atoms in total. The first kappa shape index (κ1) is 11.6. The quantitative estimate of drug-likeness (QED) is 0.906. The van der Waals surface area contributed by atoms with Crippen LogP contribution < -0.4 is 5.32 Å². The van der Waals surface area contributed by atoms with Crippen LogP contribution in [0.5, 0.6) is 0 Å². The van der Waals surface area contributed by atoms with Crippen molar-refractivity contribution < 1.29 is 9.32 Å². The van der Waals surface area contributed by atoms with E-state index in [1.165, 1.54) is 6.92 Å². The molecule has 2 rings (SSSR count). The molecular weight excluding hydrogens is 242 g/mol. The van der Waals surface area contributed by atoms with Crippen molar-refractivity contribution in [2.24, 2.45) is 0 Å². The molecule has 0 radical (unpaired) electrons. The number of benzene rings is 1. The zero-order valence-electron chi connectivity index (χ0n) is 9.11. The van der Waals surface area contributed by atoms with Gasteiger partial charge in [-0.1, -0.05) is 28.9 Å². The van der Waals surface area contributed by atoms with E-state index < -0.39 is 0 Å². The molecule has 0 unspecified atom stereocenters. The van der Waals surface area contributed by atoms with E-state index >= 15 is 0 Å². The summed E-state index contributed by atoms with van der Waals surface area (Å²) in [6, 6.07) is 7.15. The number of rotatable bonds is 3. The van der Waals surface area contributed by atoms with Gasteiger partial charge in [0.05, 0.1) is 6.54 Å². The molecule has 1 amide bonds. The van der Waals surface area contributed by atoms with Crippen LogP contribution in [-0.2, 0) is 11.3 Å². The molecule has 88 valence electrons. The fraction of sp³-hybridized carbons (Fsp3) is 0.182. The smallest absolute Gasteiger partial charge is 0.246 e. The molecule has 0 spiro atoms. The van der Waals surface area contributed by atoms with Crippen LogP contribution in [0.2, 0.25) is 5.02 Å². The molecule has 17 heavy (non-hydrogen) atoms. The molecule has 1 aromatic heterocycles. The van der Waals surface area contributed by atoms with Crippen molar-refractivity contribution in [2.75, 3.05) is 0 Å². The minimum absolute atomic E-state index is 0.146. The Morgan fingerprint density at radius 1 is 1.53 bits per heavy atom. The number of nitrogens with zero attached hydrogens (tertiary/aromatic N) is 2. The van der Waals surface area contributed by atoms with Crippen LogP contribution in [0.1, 0.15) is 12.8 Å². The van der Waals surface area contributed by atoms with Crippen LogP contribution in [-0.4, -0.2) is 16.0 Å². The molecular formula is C11H10ClN3O2. The Morgan fingerprint density at radius 3 is 3.06 bits per heavy atom. The van der Waals surface area contributed by atoms with Gasteiger partial charge >= 0.3 is 0 Å². The van der Waals surface area contributed by atoms with Crippen molar-refractivity contribution in [3.05, 3.63) is 35.2 Å². The molecule has 0 fully saturated rings. The van der Waals surface area contributed by atoms with Crippen molar-refractivity contribution in [2.45, 2.75) is 13.5 Å². The Balaban J connectivity index is 2.15. The van der Waals surface area contributed by atoms with Crippen molar-refractivity contribution in [3.8, 4) is 11.4 Å². The highest BCUT2D eigenvalue weighted by molar-refractivity contribution is 6.30. The summed E-state index contributed by atoms with van der Waals surface area (Å²) in [5, 5.41) is 6.99. The summed E-state index contributed by atoms with van der Waals surface area (Å²) in [4.78, 5) is 14.9. The summed E-state index contributed by atoms with van der Waals surface area (Å²) < 4.78 is 4.99. The summed E-state index contributed by atoms with van der Waals surface area (Å²) in [7, 11) is 0. The Kier molecular flexibility index (Phi) is 3.39. The predicted molar refractivity (Wildman–Crippen MR) is 62.3 cm³/mol. The zero-order chi connectivity index (χ0) is 12.3. The lowest BCUT2D eigenvalue weighted by Crippen LogP contribution is -2.18. The molecule has 2 aromatic rings. The average Bonchev–Trinajstić information content (AvgIpc) is 2.75. The molecule has 1 heterocycles. The van der Waals surface area contributed by atoms with E-state index in [-0.39, 0.29) is 12.5 Å². The first-order valence-corrected chi connectivity index (χ1v) is 5.36. The molecule has 0 atom stereocenters. The second kappa shape index (κ2) is 4.97. The van der Waals surface area contributed by atoms with Gasteiger partial charge in [0, 0.05) is 17.5 Å². The number of carbonyl (C=O) groups excluding carboxylic acids is 1. The second-order valence-corrected chi connectivity index (χ2v) is 3.87. The van der Waals surface area contributed by atoms with Gasteiger partial charge in [0.1, 0.15) is 0 Å². The van der Waals surface area contributed by atoms with Gasteiger partial charge in [-0.3, -0.25) is 4.79 Å². The van der Waals surface area contributed by atoms with Crippen LogP contribution in [0, 0.1) is 0 Å². The summed E-state index contributed by atoms with van der Waals surface area (Å²) >= 11 is 5.86. The third kappa shape index (κ3) is 3.04. The number of amides is 1. The minimum atomic E-state index is -0.146. The zero-order valence-corrected chi connectivity index (χ0v) is 9.86. The van der Waals surface area contributed by atoms with Gasteiger partial charge in [0.2, 0.25) is 17.6 Å². The summed E-state index contributed by atoms with van der Waals surface area (Å²) in [6.45, 7) is 1.65. The lowest BCUT2D eigenvalue weighted by molar-refractivity contribution is -0.119. The first-order chi connectivity index (χ1) is 8.15. The van der Waals surface area contributed by atoms with Gasteiger partial charge in [-0.25, -0.2) is 0 Å². The fourth-order valence-electron chi connectivity index (χ4n) is 1.27. The summed E-state index contributed by atoms with van der Waals surface area (Å²) in [6.07, 6.45) is 0. The monoisotopic (exact) mass is 251 g/mol. The SMILES string of the molecule is CC(=O)NCc1nc(-c2cccc(Cl)c2)no1. The highest BCUT2D eigenvalue weighted by atomic mass is 35.5. The maximum absolute atomic E-state index is 10.7. The molecule has 1 aromatic carbocycles. The van der Waals surface area contributed by atoms with E-state index in [9.17, 15) is 4.79 Å². The van der Waals surface area contributed by atoms with Crippen molar-refractivity contribution in [1.29, 1.82) is 0 Å². The largest absolute Gasteiger partial charge is 0.347 e. The normalized spacial score (nSPS) is 10.2. The summed E-state index contributed by atoms with van der Waals surface area (Å²) in [5.41, 5.74) is 0.773. The fourth-order valence-corrected chi connectivity index (χ4v) is 1.46. The van der Waals surface area contributed by atoms with Gasteiger partial charge in [-0.2, -0.15) is 4.98 Å². The van der Waals surface area contributed by atoms with Gasteiger partial charge in [0.15, 0.2) is 0 Å². The predicted octanol–water partition coefficient (Wildman–Crippen LogP) is 2.03. The van der Waals surface area contributed by atoms with Gasteiger partial charge < -0.3 is 9.84 Å². The Morgan fingerprint density at radius 2 is 2.35 bits per heavy atom. The van der Waals surface area contributed by atoms with E-state index in [0.29, 0.717) is 16.7 Å². The first-order valence-electron chi connectivity index (χ1n) is 4.98. The molecule has 0 aliphatic heterocycles. The van der Waals surface area contributed by atoms with Gasteiger partial charge in [-0.05, 0) is 12.1 Å². The van der Waals surface area contributed by atoms with E-state index in [2.05, 4.69) is 15.5 Å². The number of nitrogens with one attached hydrogen (secondary N) is 1. The highest BCUT2D eigenvalue weighted by Gasteiger charge is 2.08. The second-order valence-electron chi connectivity index (χ2n) is 3.43. The Bertz CT molecular complexity index is 539. The number of hydrogen-bond acceptors (Lipinski definition) is 4. The van der Waals surface area contributed by atoms with Crippen molar-refractivity contribution in [1.82, 2.24) is 15.5 Å². The van der Waals surface area contributed by atoms with Crippen LogP contribution in [0.15, 0.2) is 28.8 Å². The van der Waals surface area contributed by atoms with E-state index in [1.54, 1.807) is 12.1 Å². The van der Waals surface area contributed by atoms with Gasteiger partial charge in [0.25, 0.3) is 0 Å². The van der Waals surface area contributed by atoms with Crippen LogP contribution >= 0.6 is 11.6 Å².